The highest BCUT2D eigenvalue weighted by molar-refractivity contribution is 7.85. The summed E-state index contributed by atoms with van der Waals surface area (Å²) in [5, 5.41) is 9.45. The summed E-state index contributed by atoms with van der Waals surface area (Å²) in [6, 6.07) is 144. The molecule has 0 unspecified atom stereocenters. The van der Waals surface area contributed by atoms with Crippen molar-refractivity contribution < 1.29 is 4.57 Å². The van der Waals surface area contributed by atoms with Gasteiger partial charge in [0, 0.05) is 81.9 Å². The first-order valence-electron chi connectivity index (χ1n) is 36.6. The van der Waals surface area contributed by atoms with Crippen molar-refractivity contribution in [2.75, 3.05) is 0 Å². The zero-order valence-corrected chi connectivity index (χ0v) is 59.7. The lowest BCUT2D eigenvalue weighted by molar-refractivity contribution is 0.592. The predicted octanol–water partition coefficient (Wildman–Crippen LogP) is 25.7. The molecule has 0 fully saturated rings. The van der Waals surface area contributed by atoms with Crippen molar-refractivity contribution in [1.82, 2.24) is 24.1 Å². The molecule has 0 spiro atoms. The third kappa shape index (κ3) is 12.4. The van der Waals surface area contributed by atoms with Crippen molar-refractivity contribution in [2.45, 2.75) is 7.43 Å². The molecule has 0 aliphatic carbocycles. The molecule has 7 heteroatoms. The Balaban J connectivity index is 0.000000155. The van der Waals surface area contributed by atoms with E-state index in [-0.39, 0.29) is 7.43 Å². The average Bonchev–Trinajstić information content (AvgIpc) is 1.57. The summed E-state index contributed by atoms with van der Waals surface area (Å²) < 4.78 is 19.6. The quantitative estimate of drug-likeness (QED) is 0.108. The second-order valence-corrected chi connectivity index (χ2v) is 30.0. The van der Waals surface area contributed by atoms with Crippen molar-refractivity contribution in [3.8, 4) is 101 Å². The summed E-state index contributed by atoms with van der Waals surface area (Å²) in [6.07, 6.45) is 0. The van der Waals surface area contributed by atoms with Gasteiger partial charge in [-0.05, 0) is 105 Å². The van der Waals surface area contributed by atoms with Crippen LogP contribution in [0.5, 0.6) is 0 Å². The van der Waals surface area contributed by atoms with Crippen LogP contribution in [0.1, 0.15) is 7.43 Å². The molecule has 20 aromatic rings. The molecule has 0 aliphatic rings. The Morgan fingerprint density at radius 2 is 0.486 bits per heavy atom. The molecule has 0 radical (unpaired) electrons. The number of pyridine rings is 3. The lowest BCUT2D eigenvalue weighted by Crippen LogP contribution is -2.24. The molecule has 0 saturated heterocycles. The predicted molar refractivity (Wildman–Crippen MR) is 460 cm³/mol. The molecule has 20 rings (SSSR count). The molecule has 0 N–H and O–H groups in total. The highest BCUT2D eigenvalue weighted by Crippen LogP contribution is 2.46. The summed E-state index contributed by atoms with van der Waals surface area (Å²) in [7, 11) is -3.03. The maximum atomic E-state index is 14.9. The average molecular weight is 1410 g/mol. The minimum absolute atomic E-state index is 0. The van der Waals surface area contributed by atoms with Crippen molar-refractivity contribution in [3.05, 3.63) is 413 Å². The van der Waals surface area contributed by atoms with Crippen LogP contribution < -0.4 is 15.9 Å². The Morgan fingerprint density at radius 3 is 0.881 bits per heavy atom. The number of para-hydroxylation sites is 4. The van der Waals surface area contributed by atoms with Gasteiger partial charge in [-0.2, -0.15) is 0 Å². The van der Waals surface area contributed by atoms with Crippen molar-refractivity contribution >= 4 is 88.5 Å². The molecule has 0 saturated carbocycles. The largest absolute Gasteiger partial charge is 0.309 e. The van der Waals surface area contributed by atoms with E-state index in [9.17, 15) is 4.57 Å². The van der Waals surface area contributed by atoms with Gasteiger partial charge in [-0.25, -0.2) is 15.0 Å². The topological polar surface area (TPSA) is 65.6 Å². The van der Waals surface area contributed by atoms with Crippen LogP contribution in [-0.2, 0) is 4.57 Å². The molecule has 5 heterocycles. The SMILES string of the molecule is C.O=P(c1ccccc1)(c1ccccc1)c1ccc(-c2ccc(-n3c4ccccc4c4c(-c5ccccc5)nc5ccccc5c43)cc2)cc1.c1ccc(-c2ccc(-c3cc(-c4ccc(-c5ccc(-n6c7ccccc7c7c(-c8ccccc8)nc8ccccc8c76)cc5)cc4)cc(-c4ccccc4)n3)cc2)cc1. The maximum Gasteiger partial charge on any atom is 0.171 e. The smallest absolute Gasteiger partial charge is 0.171 e. The Morgan fingerprint density at radius 1 is 0.220 bits per heavy atom. The Labute approximate surface area is 633 Å². The molecule has 0 amide bonds. The van der Waals surface area contributed by atoms with Gasteiger partial charge in [0.25, 0.3) is 0 Å². The number of benzene rings is 15. The van der Waals surface area contributed by atoms with E-state index in [1.807, 2.05) is 84.9 Å². The Bertz CT molecular complexity index is 6690. The van der Waals surface area contributed by atoms with E-state index < -0.39 is 7.14 Å². The van der Waals surface area contributed by atoms with E-state index in [2.05, 4.69) is 337 Å². The van der Waals surface area contributed by atoms with E-state index in [0.29, 0.717) is 0 Å². The molecular weight excluding hydrogens is 1340 g/mol. The minimum Gasteiger partial charge on any atom is -0.309 e. The van der Waals surface area contributed by atoms with Crippen LogP contribution in [-0.4, -0.2) is 24.1 Å². The Kier molecular flexibility index (Phi) is 17.7. The third-order valence-electron chi connectivity index (χ3n) is 20.9. The minimum atomic E-state index is -3.03. The molecule has 109 heavy (non-hydrogen) atoms. The van der Waals surface area contributed by atoms with E-state index in [1.54, 1.807) is 0 Å². The van der Waals surface area contributed by atoms with Gasteiger partial charge >= 0.3 is 0 Å². The molecule has 0 bridgehead atoms. The zero-order chi connectivity index (χ0) is 71.9. The third-order valence-corrected chi connectivity index (χ3v) is 24.0. The maximum absolute atomic E-state index is 14.9. The summed E-state index contributed by atoms with van der Waals surface area (Å²) >= 11 is 0. The van der Waals surface area contributed by atoms with Gasteiger partial charge in [0.05, 0.1) is 55.9 Å². The van der Waals surface area contributed by atoms with Crippen LogP contribution in [0.3, 0.4) is 0 Å². The van der Waals surface area contributed by atoms with Gasteiger partial charge in [0.2, 0.25) is 0 Å². The van der Waals surface area contributed by atoms with Crippen molar-refractivity contribution in [1.29, 1.82) is 0 Å². The summed E-state index contributed by atoms with van der Waals surface area (Å²) in [5.74, 6) is 0. The van der Waals surface area contributed by atoms with Crippen molar-refractivity contribution in [3.63, 3.8) is 0 Å². The second kappa shape index (κ2) is 28.9. The molecular formula is C102H72N5OP. The van der Waals surface area contributed by atoms with E-state index in [4.69, 9.17) is 15.0 Å². The number of fused-ring (bicyclic) bond motifs is 10. The number of aromatic nitrogens is 5. The summed E-state index contributed by atoms with van der Waals surface area (Å²) in [4.78, 5) is 15.6. The fraction of sp³-hybridized carbons (Fsp3) is 0.00980. The monoisotopic (exact) mass is 1410 g/mol. The molecule has 5 aromatic heterocycles. The van der Waals surface area contributed by atoms with Gasteiger partial charge in [-0.3, -0.25) is 0 Å². The zero-order valence-electron chi connectivity index (χ0n) is 58.9. The standard InChI is InChI=1S/C56H37N3.C45H31N2OP.CH4/c1-4-14-38(15-5-1)39-28-30-44(31-29-39)52-37-46(36-51(57-52)43-16-6-2-7-17-43)42-26-24-40(25-27-42)41-32-34-47(35-33-41)59-53-23-13-11-21-49(53)54-55(45-18-8-3-9-19-45)58-50-22-12-10-20-48(50)56(54)59;48-49(36-16-6-2-7-17-36,37-18-8-3-9-19-37)38-30-26-33(27-31-38)32-24-28-35(29-25-32)47-42-23-13-11-21-40(42)43-44(34-14-4-1-5-15-34)46-41-22-12-10-20-39(41)45(43)47;/h1-37H;1-31H;1H4. The number of hydrogen-bond donors (Lipinski definition) is 0. The van der Waals surface area contributed by atoms with E-state index in [1.165, 1.54) is 32.8 Å². The van der Waals surface area contributed by atoms with Crippen molar-refractivity contribution in [2.24, 2.45) is 0 Å². The highest BCUT2D eigenvalue weighted by atomic mass is 31.2. The van der Waals surface area contributed by atoms with Crippen LogP contribution in [0.25, 0.3) is 166 Å². The number of hydrogen-bond acceptors (Lipinski definition) is 4. The normalized spacial score (nSPS) is 11.4. The van der Waals surface area contributed by atoms with Crippen LogP contribution >= 0.6 is 7.14 Å². The van der Waals surface area contributed by atoms with E-state index in [0.717, 1.165) is 149 Å². The lowest BCUT2D eigenvalue weighted by atomic mass is 9.97. The highest BCUT2D eigenvalue weighted by Gasteiger charge is 2.30. The fourth-order valence-electron chi connectivity index (χ4n) is 15.6. The molecule has 6 nitrogen and oxygen atoms in total. The van der Waals surface area contributed by atoms with Gasteiger partial charge in [0.15, 0.2) is 7.14 Å². The van der Waals surface area contributed by atoms with Crippen LogP contribution in [0.4, 0.5) is 0 Å². The molecule has 0 atom stereocenters. The first-order chi connectivity index (χ1) is 53.4. The molecule has 516 valence electrons. The Hall–Kier alpha value is -13.9. The first kappa shape index (κ1) is 67.0. The fourth-order valence-corrected chi connectivity index (χ4v) is 18.3. The van der Waals surface area contributed by atoms with Crippen LogP contribution in [0.2, 0.25) is 0 Å². The van der Waals surface area contributed by atoms with Gasteiger partial charge in [-0.15, -0.1) is 0 Å². The van der Waals surface area contributed by atoms with Gasteiger partial charge in [-0.1, -0.05) is 359 Å². The number of nitrogens with zero attached hydrogens (tertiary/aromatic N) is 5. The summed E-state index contributed by atoms with van der Waals surface area (Å²) in [6.45, 7) is 0. The molecule has 15 aromatic carbocycles. The second-order valence-electron chi connectivity index (χ2n) is 27.3. The van der Waals surface area contributed by atoms with E-state index >= 15 is 0 Å². The van der Waals surface area contributed by atoms with Gasteiger partial charge < -0.3 is 13.7 Å². The van der Waals surface area contributed by atoms with Crippen LogP contribution in [0, 0.1) is 0 Å². The number of rotatable bonds is 13. The summed E-state index contributed by atoms with van der Waals surface area (Å²) in [5.41, 5.74) is 26.2. The van der Waals surface area contributed by atoms with Gasteiger partial charge in [0.1, 0.15) is 0 Å². The lowest BCUT2D eigenvalue weighted by Gasteiger charge is -2.20. The van der Waals surface area contributed by atoms with Crippen LogP contribution in [0.15, 0.2) is 413 Å². The first-order valence-corrected chi connectivity index (χ1v) is 38.3. The molecule has 0 aliphatic heterocycles.